The van der Waals surface area contributed by atoms with Crippen LogP contribution in [0.15, 0.2) is 30.3 Å². The molecule has 0 radical (unpaired) electrons. The lowest BCUT2D eigenvalue weighted by Crippen LogP contribution is -2.51. The average Bonchev–Trinajstić information content (AvgIpc) is 2.53. The van der Waals surface area contributed by atoms with Crippen LogP contribution in [0.25, 0.3) is 0 Å². The molecule has 128 valence electrons. The van der Waals surface area contributed by atoms with Gasteiger partial charge in [0.05, 0.1) is 0 Å². The maximum Gasteiger partial charge on any atom is 0.319 e. The number of anilines is 1. The minimum Gasteiger partial charge on any atom is -0.382 e. The molecule has 0 aliphatic carbocycles. The standard InChI is InChI=1S/C17H27N3O3/c1-4-23-12-8-11-18-16(21)15(13(2)3)20-17(22)19-14-9-6-5-7-10-14/h5-7,9-10,13,15H,4,8,11-12H2,1-3H3,(H,18,21)(H2,19,20,22). The lowest BCUT2D eigenvalue weighted by atomic mass is 10.0. The number of benzene rings is 1. The van der Waals surface area contributed by atoms with Crippen molar-refractivity contribution in [1.29, 1.82) is 0 Å². The Morgan fingerprint density at radius 3 is 2.48 bits per heavy atom. The lowest BCUT2D eigenvalue weighted by molar-refractivity contribution is -0.123. The molecule has 6 nitrogen and oxygen atoms in total. The summed E-state index contributed by atoms with van der Waals surface area (Å²) < 4.78 is 5.22. The summed E-state index contributed by atoms with van der Waals surface area (Å²) in [7, 11) is 0. The second-order valence-corrected chi connectivity index (χ2v) is 5.53. The molecule has 1 aromatic carbocycles. The van der Waals surface area contributed by atoms with Crippen LogP contribution in [0.5, 0.6) is 0 Å². The molecule has 0 saturated carbocycles. The van der Waals surface area contributed by atoms with Crippen molar-refractivity contribution in [3.05, 3.63) is 30.3 Å². The van der Waals surface area contributed by atoms with E-state index in [4.69, 9.17) is 4.74 Å². The summed E-state index contributed by atoms with van der Waals surface area (Å²) in [4.78, 5) is 24.2. The highest BCUT2D eigenvalue weighted by atomic mass is 16.5. The van der Waals surface area contributed by atoms with Crippen LogP contribution in [-0.2, 0) is 9.53 Å². The first-order valence-electron chi connectivity index (χ1n) is 8.02. The molecule has 3 N–H and O–H groups in total. The third-order valence-electron chi connectivity index (χ3n) is 3.24. The Labute approximate surface area is 138 Å². The van der Waals surface area contributed by atoms with E-state index in [2.05, 4.69) is 16.0 Å². The van der Waals surface area contributed by atoms with Crippen LogP contribution < -0.4 is 16.0 Å². The first-order valence-corrected chi connectivity index (χ1v) is 8.02. The van der Waals surface area contributed by atoms with Gasteiger partial charge in [0.2, 0.25) is 5.91 Å². The van der Waals surface area contributed by atoms with Crippen LogP contribution in [0.2, 0.25) is 0 Å². The summed E-state index contributed by atoms with van der Waals surface area (Å²) in [5.41, 5.74) is 0.685. The minimum absolute atomic E-state index is 0.0107. The molecule has 1 aromatic rings. The number of ether oxygens (including phenoxy) is 1. The highest BCUT2D eigenvalue weighted by Crippen LogP contribution is 2.06. The molecule has 0 saturated heterocycles. The van der Waals surface area contributed by atoms with E-state index in [0.29, 0.717) is 25.4 Å². The van der Waals surface area contributed by atoms with Crippen molar-refractivity contribution in [3.63, 3.8) is 0 Å². The average molecular weight is 321 g/mol. The van der Waals surface area contributed by atoms with Crippen LogP contribution in [0.4, 0.5) is 10.5 Å². The number of carbonyl (C=O) groups excluding carboxylic acids is 2. The molecule has 0 bridgehead atoms. The molecule has 0 fully saturated rings. The van der Waals surface area contributed by atoms with Gasteiger partial charge < -0.3 is 20.7 Å². The van der Waals surface area contributed by atoms with Gasteiger partial charge >= 0.3 is 6.03 Å². The molecule has 0 aliphatic heterocycles. The van der Waals surface area contributed by atoms with Crippen LogP contribution in [0.1, 0.15) is 27.2 Å². The summed E-state index contributed by atoms with van der Waals surface area (Å²) in [6, 6.07) is 8.15. The molecule has 23 heavy (non-hydrogen) atoms. The fourth-order valence-electron chi connectivity index (χ4n) is 2.00. The third-order valence-corrected chi connectivity index (χ3v) is 3.24. The molecule has 3 amide bonds. The number of rotatable bonds is 9. The Bertz CT molecular complexity index is 477. The SMILES string of the molecule is CCOCCCNC(=O)C(NC(=O)Nc1ccccc1)C(C)C. The maximum atomic E-state index is 12.2. The molecule has 1 atom stereocenters. The molecule has 6 heteroatoms. The van der Waals surface area contributed by atoms with Crippen LogP contribution in [-0.4, -0.2) is 37.7 Å². The van der Waals surface area contributed by atoms with Gasteiger partial charge in [-0.25, -0.2) is 4.79 Å². The van der Waals surface area contributed by atoms with Crippen LogP contribution in [0.3, 0.4) is 0 Å². The Morgan fingerprint density at radius 1 is 1.17 bits per heavy atom. The number of hydrogen-bond donors (Lipinski definition) is 3. The minimum atomic E-state index is -0.578. The molecular weight excluding hydrogens is 294 g/mol. The maximum absolute atomic E-state index is 12.2. The van der Waals surface area contributed by atoms with Gasteiger partial charge in [-0.1, -0.05) is 32.0 Å². The van der Waals surface area contributed by atoms with Gasteiger partial charge in [0.1, 0.15) is 6.04 Å². The highest BCUT2D eigenvalue weighted by Gasteiger charge is 2.23. The topological polar surface area (TPSA) is 79.5 Å². The van der Waals surface area contributed by atoms with Gasteiger partial charge in [-0.15, -0.1) is 0 Å². The molecular formula is C17H27N3O3. The van der Waals surface area contributed by atoms with E-state index in [1.807, 2.05) is 39.0 Å². The summed E-state index contributed by atoms with van der Waals surface area (Å²) in [5, 5.41) is 8.27. The zero-order chi connectivity index (χ0) is 17.1. The summed E-state index contributed by atoms with van der Waals surface area (Å²) in [5.74, 6) is -0.192. The summed E-state index contributed by atoms with van der Waals surface area (Å²) >= 11 is 0. The Morgan fingerprint density at radius 2 is 1.87 bits per heavy atom. The largest absolute Gasteiger partial charge is 0.382 e. The Hall–Kier alpha value is -2.08. The van der Waals surface area contributed by atoms with E-state index in [9.17, 15) is 9.59 Å². The number of nitrogens with one attached hydrogen (secondary N) is 3. The van der Waals surface area contributed by atoms with Gasteiger partial charge in [-0.05, 0) is 31.4 Å². The monoisotopic (exact) mass is 321 g/mol. The number of hydrogen-bond acceptors (Lipinski definition) is 3. The summed E-state index contributed by atoms with van der Waals surface area (Å²) in [6.45, 7) is 7.54. The number of para-hydroxylation sites is 1. The lowest BCUT2D eigenvalue weighted by Gasteiger charge is -2.22. The van der Waals surface area contributed by atoms with Gasteiger partial charge in [0, 0.05) is 25.4 Å². The molecule has 1 rings (SSSR count). The van der Waals surface area contributed by atoms with E-state index >= 15 is 0 Å². The normalized spacial score (nSPS) is 11.8. The fourth-order valence-corrected chi connectivity index (χ4v) is 2.00. The van der Waals surface area contributed by atoms with Crippen molar-refractivity contribution < 1.29 is 14.3 Å². The highest BCUT2D eigenvalue weighted by molar-refractivity contribution is 5.93. The molecule has 0 aromatic heterocycles. The predicted octanol–water partition coefficient (Wildman–Crippen LogP) is 2.38. The van der Waals surface area contributed by atoms with Crippen LogP contribution in [0, 0.1) is 5.92 Å². The number of amides is 3. The van der Waals surface area contributed by atoms with Crippen molar-refractivity contribution in [2.45, 2.75) is 33.2 Å². The third kappa shape index (κ3) is 7.65. The molecule has 0 spiro atoms. The van der Waals surface area contributed by atoms with Gasteiger partial charge in [0.25, 0.3) is 0 Å². The predicted molar refractivity (Wildman–Crippen MR) is 91.3 cm³/mol. The van der Waals surface area contributed by atoms with E-state index < -0.39 is 6.04 Å². The van der Waals surface area contributed by atoms with Gasteiger partial charge in [-0.2, -0.15) is 0 Å². The van der Waals surface area contributed by atoms with E-state index in [1.54, 1.807) is 12.1 Å². The second kappa shape index (κ2) is 10.6. The zero-order valence-electron chi connectivity index (χ0n) is 14.1. The quantitative estimate of drug-likeness (QED) is 0.611. The molecule has 0 aliphatic rings. The number of urea groups is 1. The van der Waals surface area contributed by atoms with Crippen molar-refractivity contribution in [3.8, 4) is 0 Å². The number of carbonyl (C=O) groups is 2. The molecule has 0 heterocycles. The van der Waals surface area contributed by atoms with Crippen LogP contribution >= 0.6 is 0 Å². The summed E-state index contributed by atoms with van der Waals surface area (Å²) in [6.07, 6.45) is 0.751. The van der Waals surface area contributed by atoms with E-state index in [0.717, 1.165) is 6.42 Å². The molecule has 1 unspecified atom stereocenters. The fraction of sp³-hybridized carbons (Fsp3) is 0.529. The van der Waals surface area contributed by atoms with Crippen molar-refractivity contribution >= 4 is 17.6 Å². The second-order valence-electron chi connectivity index (χ2n) is 5.53. The smallest absolute Gasteiger partial charge is 0.319 e. The Kier molecular flexibility index (Phi) is 8.75. The van der Waals surface area contributed by atoms with Crippen molar-refractivity contribution in [1.82, 2.24) is 10.6 Å². The van der Waals surface area contributed by atoms with E-state index in [-0.39, 0.29) is 17.9 Å². The Balaban J connectivity index is 2.44. The van der Waals surface area contributed by atoms with E-state index in [1.165, 1.54) is 0 Å². The van der Waals surface area contributed by atoms with Crippen molar-refractivity contribution in [2.75, 3.05) is 25.1 Å². The zero-order valence-corrected chi connectivity index (χ0v) is 14.1. The van der Waals surface area contributed by atoms with Crippen molar-refractivity contribution in [2.24, 2.45) is 5.92 Å². The first-order chi connectivity index (χ1) is 11.0. The first kappa shape index (κ1) is 19.0. The van der Waals surface area contributed by atoms with Gasteiger partial charge in [0.15, 0.2) is 0 Å². The van der Waals surface area contributed by atoms with Gasteiger partial charge in [-0.3, -0.25) is 4.79 Å².